The van der Waals surface area contributed by atoms with Crippen molar-refractivity contribution in [1.82, 2.24) is 0 Å². The summed E-state index contributed by atoms with van der Waals surface area (Å²) < 4.78 is 40.7. The van der Waals surface area contributed by atoms with Gasteiger partial charge in [0.1, 0.15) is 5.75 Å². The molecule has 0 radical (unpaired) electrons. The minimum absolute atomic E-state index is 0.249. The van der Waals surface area contributed by atoms with E-state index in [-0.39, 0.29) is 17.6 Å². The number of fused-ring (bicyclic) bond motifs is 3. The molecular formula is C14H11F3NO3-. The first kappa shape index (κ1) is 13.8. The fourth-order valence-corrected chi connectivity index (χ4v) is 3.00. The molecule has 1 aromatic rings. The van der Waals surface area contributed by atoms with Gasteiger partial charge in [0.2, 0.25) is 0 Å². The van der Waals surface area contributed by atoms with Crippen LogP contribution in [0.4, 0.5) is 18.9 Å². The molecule has 1 heterocycles. The Morgan fingerprint density at radius 1 is 1.38 bits per heavy atom. The molecule has 1 aromatic carbocycles. The molecular weight excluding hydrogens is 287 g/mol. The van der Waals surface area contributed by atoms with Crippen molar-refractivity contribution in [3.63, 3.8) is 0 Å². The first-order chi connectivity index (χ1) is 9.85. The first-order valence-electron chi connectivity index (χ1n) is 6.39. The maximum Gasteiger partial charge on any atom is 0.573 e. The van der Waals surface area contributed by atoms with Crippen molar-refractivity contribution in [2.75, 3.05) is 5.32 Å². The summed E-state index contributed by atoms with van der Waals surface area (Å²) in [6, 6.07) is 3.00. The van der Waals surface area contributed by atoms with Crippen molar-refractivity contribution in [2.45, 2.75) is 24.7 Å². The van der Waals surface area contributed by atoms with Crippen LogP contribution in [-0.4, -0.2) is 18.4 Å². The molecule has 112 valence electrons. The number of rotatable bonds is 2. The fourth-order valence-electron chi connectivity index (χ4n) is 3.00. The van der Waals surface area contributed by atoms with Crippen molar-refractivity contribution in [3.8, 4) is 5.75 Å². The predicted octanol–water partition coefficient (Wildman–Crippen LogP) is 1.79. The third kappa shape index (κ3) is 2.55. The van der Waals surface area contributed by atoms with Crippen molar-refractivity contribution in [1.29, 1.82) is 0 Å². The van der Waals surface area contributed by atoms with Gasteiger partial charge in [0, 0.05) is 11.6 Å². The van der Waals surface area contributed by atoms with Gasteiger partial charge in [-0.05, 0) is 36.1 Å². The second-order valence-corrected chi connectivity index (χ2v) is 5.09. The summed E-state index contributed by atoms with van der Waals surface area (Å²) >= 11 is 0. The first-order valence-corrected chi connectivity index (χ1v) is 6.39. The summed E-state index contributed by atoms with van der Waals surface area (Å²) in [5.41, 5.74) is 1.10. The molecule has 3 atom stereocenters. The molecule has 0 saturated heterocycles. The maximum atomic E-state index is 12.3. The number of allylic oxidation sites excluding steroid dienone is 2. The topological polar surface area (TPSA) is 61.4 Å². The highest BCUT2D eigenvalue weighted by Gasteiger charge is 2.38. The van der Waals surface area contributed by atoms with Crippen LogP contribution in [-0.2, 0) is 4.79 Å². The molecule has 1 aliphatic carbocycles. The number of carboxylic acids is 1. The van der Waals surface area contributed by atoms with E-state index in [2.05, 4.69) is 10.1 Å². The van der Waals surface area contributed by atoms with Gasteiger partial charge in [0.15, 0.2) is 0 Å². The van der Waals surface area contributed by atoms with Gasteiger partial charge in [-0.1, -0.05) is 12.2 Å². The summed E-state index contributed by atoms with van der Waals surface area (Å²) in [7, 11) is 0. The Bertz CT molecular complexity index is 612. The van der Waals surface area contributed by atoms with Gasteiger partial charge in [-0.3, -0.25) is 0 Å². The van der Waals surface area contributed by atoms with E-state index in [1.54, 1.807) is 0 Å². The zero-order chi connectivity index (χ0) is 15.2. The Balaban J connectivity index is 1.97. The lowest BCUT2D eigenvalue weighted by Crippen LogP contribution is -2.48. The SMILES string of the molecule is O=C([O-])[C@@H]1Nc2ccc(OC(F)(F)F)cc2[C@H]2C=CC[C@@H]21. The van der Waals surface area contributed by atoms with Crippen LogP contribution in [0.15, 0.2) is 30.4 Å². The number of carbonyl (C=O) groups excluding carboxylic acids is 1. The van der Waals surface area contributed by atoms with Gasteiger partial charge in [0.05, 0.1) is 12.0 Å². The molecule has 0 saturated carbocycles. The van der Waals surface area contributed by atoms with Gasteiger partial charge in [0.25, 0.3) is 0 Å². The van der Waals surface area contributed by atoms with Crippen LogP contribution in [0.1, 0.15) is 17.9 Å². The predicted molar refractivity (Wildman–Crippen MR) is 65.5 cm³/mol. The van der Waals surface area contributed by atoms with Gasteiger partial charge in [-0.15, -0.1) is 13.2 Å². The molecule has 0 unspecified atom stereocenters. The monoisotopic (exact) mass is 298 g/mol. The number of carbonyl (C=O) groups is 1. The number of carboxylic acid groups (broad SMARTS) is 1. The van der Waals surface area contributed by atoms with E-state index >= 15 is 0 Å². The Kier molecular flexibility index (Phi) is 3.07. The molecule has 7 heteroatoms. The number of ether oxygens (including phenoxy) is 1. The van der Waals surface area contributed by atoms with Gasteiger partial charge in [-0.25, -0.2) is 0 Å². The zero-order valence-corrected chi connectivity index (χ0v) is 10.7. The third-order valence-electron chi connectivity index (χ3n) is 3.82. The second kappa shape index (κ2) is 4.68. The Morgan fingerprint density at radius 2 is 2.14 bits per heavy atom. The number of aliphatic carboxylic acids is 1. The molecule has 0 spiro atoms. The highest BCUT2D eigenvalue weighted by atomic mass is 19.4. The summed E-state index contributed by atoms with van der Waals surface area (Å²) in [5.74, 6) is -2.03. The Morgan fingerprint density at radius 3 is 2.81 bits per heavy atom. The van der Waals surface area contributed by atoms with E-state index in [0.717, 1.165) is 6.07 Å². The molecule has 3 rings (SSSR count). The largest absolute Gasteiger partial charge is 0.573 e. The van der Waals surface area contributed by atoms with E-state index in [9.17, 15) is 23.1 Å². The van der Waals surface area contributed by atoms with E-state index in [1.807, 2.05) is 12.2 Å². The Hall–Kier alpha value is -2.18. The van der Waals surface area contributed by atoms with Crippen LogP contribution in [0.3, 0.4) is 0 Å². The van der Waals surface area contributed by atoms with Crippen LogP contribution in [0.5, 0.6) is 5.75 Å². The average molecular weight is 298 g/mol. The highest BCUT2D eigenvalue weighted by molar-refractivity contribution is 5.79. The smallest absolute Gasteiger partial charge is 0.548 e. The average Bonchev–Trinajstić information content (AvgIpc) is 2.85. The molecule has 4 nitrogen and oxygen atoms in total. The van der Waals surface area contributed by atoms with Crippen LogP contribution in [0.2, 0.25) is 0 Å². The standard InChI is InChI=1S/C14H12F3NO3/c15-14(16,17)21-7-4-5-11-10(6-7)8-2-1-3-9(8)12(18-11)13(19)20/h1-2,4-6,8-9,12,18H,3H2,(H,19,20)/p-1/t8-,9-,12+/m0/s1. The quantitative estimate of drug-likeness (QED) is 0.846. The molecule has 0 bridgehead atoms. The number of hydrogen-bond acceptors (Lipinski definition) is 4. The van der Waals surface area contributed by atoms with Crippen molar-refractivity contribution in [2.24, 2.45) is 5.92 Å². The van der Waals surface area contributed by atoms with E-state index in [0.29, 0.717) is 17.7 Å². The number of alkyl halides is 3. The number of halogens is 3. The molecule has 0 aromatic heterocycles. The minimum Gasteiger partial charge on any atom is -0.548 e. The second-order valence-electron chi connectivity index (χ2n) is 5.09. The third-order valence-corrected chi connectivity index (χ3v) is 3.82. The highest BCUT2D eigenvalue weighted by Crippen LogP contribution is 2.45. The number of hydrogen-bond donors (Lipinski definition) is 1. The summed E-state index contributed by atoms with van der Waals surface area (Å²) in [6.07, 6.45) is -0.564. The Labute approximate surface area is 118 Å². The molecule has 0 amide bonds. The van der Waals surface area contributed by atoms with Gasteiger partial charge >= 0.3 is 6.36 Å². The molecule has 1 N–H and O–H groups in total. The van der Waals surface area contributed by atoms with Gasteiger partial charge < -0.3 is 20.0 Å². The van der Waals surface area contributed by atoms with Crippen LogP contribution < -0.4 is 15.2 Å². The number of nitrogens with one attached hydrogen (secondary N) is 1. The fraction of sp³-hybridized carbons (Fsp3) is 0.357. The van der Waals surface area contributed by atoms with Crippen LogP contribution >= 0.6 is 0 Å². The van der Waals surface area contributed by atoms with Crippen LogP contribution in [0.25, 0.3) is 0 Å². The van der Waals surface area contributed by atoms with Crippen molar-refractivity contribution in [3.05, 3.63) is 35.9 Å². The maximum absolute atomic E-state index is 12.3. The van der Waals surface area contributed by atoms with Crippen LogP contribution in [0, 0.1) is 5.92 Å². The van der Waals surface area contributed by atoms with E-state index < -0.39 is 18.4 Å². The lowest BCUT2D eigenvalue weighted by Gasteiger charge is -2.37. The van der Waals surface area contributed by atoms with Gasteiger partial charge in [-0.2, -0.15) is 0 Å². The normalized spacial score (nSPS) is 26.7. The zero-order valence-electron chi connectivity index (χ0n) is 10.7. The number of benzene rings is 1. The molecule has 1 aliphatic heterocycles. The summed E-state index contributed by atoms with van der Waals surface area (Å²) in [6.45, 7) is 0. The number of anilines is 1. The summed E-state index contributed by atoms with van der Waals surface area (Å²) in [4.78, 5) is 11.2. The lowest BCUT2D eigenvalue weighted by atomic mass is 9.79. The van der Waals surface area contributed by atoms with E-state index in [1.165, 1.54) is 12.1 Å². The molecule has 0 fully saturated rings. The van der Waals surface area contributed by atoms with Crippen molar-refractivity contribution >= 4 is 11.7 Å². The molecule has 2 aliphatic rings. The molecule has 21 heavy (non-hydrogen) atoms. The minimum atomic E-state index is -4.76. The summed E-state index contributed by atoms with van der Waals surface area (Å²) in [5, 5.41) is 14.0. The van der Waals surface area contributed by atoms with E-state index in [4.69, 9.17) is 0 Å². The van der Waals surface area contributed by atoms with Crippen molar-refractivity contribution < 1.29 is 27.8 Å². The lowest BCUT2D eigenvalue weighted by molar-refractivity contribution is -0.308.